The zero-order valence-electron chi connectivity index (χ0n) is 35.1. The van der Waals surface area contributed by atoms with Gasteiger partial charge in [0.15, 0.2) is 23.2 Å². The van der Waals surface area contributed by atoms with Gasteiger partial charge in [0.2, 0.25) is 5.91 Å². The summed E-state index contributed by atoms with van der Waals surface area (Å²) in [6.45, 7) is 5.31. The number of aromatic nitrogens is 4. The van der Waals surface area contributed by atoms with E-state index in [1.165, 1.54) is 29.0 Å². The summed E-state index contributed by atoms with van der Waals surface area (Å²) in [5.41, 5.74) is 5.45. The van der Waals surface area contributed by atoms with Gasteiger partial charge in [0, 0.05) is 30.3 Å². The van der Waals surface area contributed by atoms with Crippen LogP contribution in [0, 0.1) is 34.5 Å². The van der Waals surface area contributed by atoms with Crippen LogP contribution in [0.4, 0.5) is 5.82 Å². The fraction of sp³-hybridized carbons (Fsp3) is 0.767. The summed E-state index contributed by atoms with van der Waals surface area (Å²) in [4.78, 5) is 48.8. The number of nitrogens with one attached hydrogen (secondary N) is 1. The number of hydrogen-bond donors (Lipinski definition) is 7. The molecule has 0 spiro atoms. The number of ether oxygens (including phenoxy) is 3. The fourth-order valence-corrected chi connectivity index (χ4v) is 13.4. The first kappa shape index (κ1) is 44.4. The van der Waals surface area contributed by atoms with Crippen molar-refractivity contribution in [3.8, 4) is 0 Å². The SMILES string of the molecule is C[C@]12CC[C@@H](OCCCCCC(=O)Nc3ncnc4c3ncn4C3O[C@H](CSCC[C@H](N)C(=O)O)[C@@H](O)[C@H]3O)C[C@H]1CCC1[C@@H]2C[C@@H](O)[C@]2(C)[C@@H](C3=CC(=O)OC3)CC[C@]12O. The van der Waals surface area contributed by atoms with Gasteiger partial charge in [-0.2, -0.15) is 11.8 Å². The van der Waals surface area contributed by atoms with Crippen LogP contribution in [0.25, 0.3) is 11.2 Å². The molecular formula is C43H62N6O11S. The van der Waals surface area contributed by atoms with Crippen molar-refractivity contribution in [3.63, 3.8) is 0 Å². The molecule has 0 aromatic carbocycles. The Morgan fingerprint density at radius 3 is 2.64 bits per heavy atom. The molecule has 2 aromatic rings. The monoisotopic (exact) mass is 870 g/mol. The number of aliphatic carboxylic acids is 1. The van der Waals surface area contributed by atoms with Crippen molar-refractivity contribution in [3.05, 3.63) is 24.3 Å². The summed E-state index contributed by atoms with van der Waals surface area (Å²) < 4.78 is 19.2. The van der Waals surface area contributed by atoms with Crippen LogP contribution < -0.4 is 11.1 Å². The number of esters is 1. The smallest absolute Gasteiger partial charge is 0.331 e. The molecule has 17 nitrogen and oxygen atoms in total. The molecule has 5 fully saturated rings. The predicted molar refractivity (Wildman–Crippen MR) is 223 cm³/mol. The molecule has 4 saturated carbocycles. The minimum atomic E-state index is -1.27. The highest BCUT2D eigenvalue weighted by molar-refractivity contribution is 7.99. The highest BCUT2D eigenvalue weighted by atomic mass is 32.2. The quantitative estimate of drug-likeness (QED) is 0.0944. The van der Waals surface area contributed by atoms with E-state index in [1.54, 1.807) is 6.08 Å². The largest absolute Gasteiger partial charge is 0.480 e. The van der Waals surface area contributed by atoms with Gasteiger partial charge in [-0.1, -0.05) is 20.3 Å². The predicted octanol–water partition coefficient (Wildman–Crippen LogP) is 3.09. The van der Waals surface area contributed by atoms with E-state index in [2.05, 4.69) is 27.2 Å². The van der Waals surface area contributed by atoms with E-state index in [4.69, 9.17) is 25.1 Å². The van der Waals surface area contributed by atoms with Gasteiger partial charge in [-0.05, 0) is 111 Å². The molecular weight excluding hydrogens is 809 g/mol. The lowest BCUT2D eigenvalue weighted by molar-refractivity contribution is -0.245. The molecule has 0 bridgehead atoms. The molecule has 1 amide bonds. The lowest BCUT2D eigenvalue weighted by Crippen LogP contribution is -2.67. The number of nitrogens with zero attached hydrogens (tertiary/aromatic N) is 4. The Balaban J connectivity index is 0.768. The van der Waals surface area contributed by atoms with E-state index >= 15 is 0 Å². The van der Waals surface area contributed by atoms with E-state index in [0.29, 0.717) is 54.5 Å². The number of thioether (sulfide) groups is 1. The lowest BCUT2D eigenvalue weighted by Gasteiger charge is -2.65. The Morgan fingerprint density at radius 2 is 1.87 bits per heavy atom. The number of rotatable bonds is 16. The second kappa shape index (κ2) is 17.7. The average molecular weight is 871 g/mol. The molecule has 8 rings (SSSR count). The first-order chi connectivity index (χ1) is 29.2. The van der Waals surface area contributed by atoms with Gasteiger partial charge in [0.1, 0.15) is 31.2 Å². The van der Waals surface area contributed by atoms with Crippen molar-refractivity contribution in [1.82, 2.24) is 19.5 Å². The van der Waals surface area contributed by atoms with Crippen molar-refractivity contribution >= 4 is 46.6 Å². The fourth-order valence-electron chi connectivity index (χ4n) is 12.3. The van der Waals surface area contributed by atoms with Crippen LogP contribution in [0.15, 0.2) is 24.3 Å². The van der Waals surface area contributed by atoms with E-state index in [1.807, 2.05) is 6.92 Å². The summed E-state index contributed by atoms with van der Waals surface area (Å²) in [6.07, 6.45) is 9.44. The van der Waals surface area contributed by atoms with Crippen LogP contribution in [-0.4, -0.2) is 130 Å². The minimum absolute atomic E-state index is 0.0178. The number of unbranched alkanes of at least 4 members (excludes halogenated alkanes) is 2. The normalized spacial score (nSPS) is 38.7. The zero-order chi connectivity index (χ0) is 43.3. The summed E-state index contributed by atoms with van der Waals surface area (Å²) in [7, 11) is 0. The molecule has 2 aliphatic heterocycles. The van der Waals surface area contributed by atoms with Crippen LogP contribution >= 0.6 is 11.8 Å². The van der Waals surface area contributed by atoms with Crippen molar-refractivity contribution in [2.24, 2.45) is 40.2 Å². The summed E-state index contributed by atoms with van der Waals surface area (Å²) in [6, 6.07) is -0.970. The number of carbonyl (C=O) groups is 3. The number of amides is 1. The van der Waals surface area contributed by atoms with Gasteiger partial charge in [-0.25, -0.2) is 19.7 Å². The maximum absolute atomic E-state index is 13.0. The molecule has 2 aromatic heterocycles. The van der Waals surface area contributed by atoms with Crippen LogP contribution in [0.2, 0.25) is 0 Å². The van der Waals surface area contributed by atoms with Crippen molar-refractivity contribution in [1.29, 1.82) is 0 Å². The first-order valence-electron chi connectivity index (χ1n) is 22.1. The molecule has 8 N–H and O–H groups in total. The Labute approximate surface area is 359 Å². The number of cyclic esters (lactones) is 1. The molecule has 6 aliphatic rings. The topological polar surface area (TPSA) is 262 Å². The number of aliphatic hydroxyl groups excluding tert-OH is 3. The summed E-state index contributed by atoms with van der Waals surface area (Å²) in [5.74, 6) is 0.130. The Kier molecular flexibility index (Phi) is 12.9. The van der Waals surface area contributed by atoms with Gasteiger partial charge in [0.05, 0.1) is 30.2 Å². The third-order valence-corrected chi connectivity index (χ3v) is 16.9. The second-order valence-electron chi connectivity index (χ2n) is 18.9. The first-order valence-corrected chi connectivity index (χ1v) is 23.3. The number of hydrogen-bond acceptors (Lipinski definition) is 15. The molecule has 336 valence electrons. The van der Waals surface area contributed by atoms with Gasteiger partial charge >= 0.3 is 11.9 Å². The van der Waals surface area contributed by atoms with Crippen LogP contribution in [-0.2, 0) is 28.6 Å². The molecule has 4 heterocycles. The lowest BCUT2D eigenvalue weighted by atomic mass is 9.42. The Morgan fingerprint density at radius 1 is 1.05 bits per heavy atom. The number of carbonyl (C=O) groups excluding carboxylic acids is 2. The number of imidazole rings is 1. The van der Waals surface area contributed by atoms with Crippen LogP contribution in [0.1, 0.15) is 104 Å². The maximum Gasteiger partial charge on any atom is 0.331 e. The Hall–Kier alpha value is -3.23. The molecule has 0 radical (unpaired) electrons. The highest BCUT2D eigenvalue weighted by Gasteiger charge is 2.70. The van der Waals surface area contributed by atoms with Gasteiger partial charge in [-0.3, -0.25) is 14.2 Å². The molecule has 14 atom stereocenters. The second-order valence-corrected chi connectivity index (χ2v) is 20.0. The van der Waals surface area contributed by atoms with Crippen molar-refractivity contribution in [2.45, 2.75) is 146 Å². The zero-order valence-corrected chi connectivity index (χ0v) is 35.9. The summed E-state index contributed by atoms with van der Waals surface area (Å²) >= 11 is 1.38. The number of aliphatic hydroxyl groups is 4. The standard InChI is InChI=1S/C43H62N6O11S/c1-41-12-9-25(17-24(41)7-8-27-28(41)18-31(50)42(2)26(10-13-43(27,42)57)23-16-33(52)59-19-23)58-14-5-3-4-6-32(51)48-37-34-38(46-21-45-37)49(22-47-34)39-36(54)35(53)30(60-39)20-61-15-11-29(44)40(55)56/h16,21-22,24-31,35-36,39,50,53-54,57H,3-15,17-20,44H2,1-2H3,(H,55,56)(H,45,46,48,51)/t24-,25-,26-,27?,28+,29+,30-,31-,35-,36-,39?,41+,42+,43+/m1/s1. The minimum Gasteiger partial charge on any atom is -0.480 e. The van der Waals surface area contributed by atoms with Gasteiger partial charge in [-0.15, -0.1) is 0 Å². The van der Waals surface area contributed by atoms with Crippen LogP contribution in [0.3, 0.4) is 0 Å². The molecule has 61 heavy (non-hydrogen) atoms. The maximum atomic E-state index is 13.0. The van der Waals surface area contributed by atoms with Crippen molar-refractivity contribution in [2.75, 3.05) is 30.0 Å². The van der Waals surface area contributed by atoms with Crippen LogP contribution in [0.5, 0.6) is 0 Å². The molecule has 2 unspecified atom stereocenters. The number of carboxylic acids is 1. The summed E-state index contributed by atoms with van der Waals surface area (Å²) in [5, 5.41) is 57.7. The third-order valence-electron chi connectivity index (χ3n) is 15.8. The van der Waals surface area contributed by atoms with E-state index in [0.717, 1.165) is 56.9 Å². The third kappa shape index (κ3) is 8.13. The average Bonchev–Trinajstić information content (AvgIpc) is 4.00. The molecule has 1 saturated heterocycles. The molecule has 18 heteroatoms. The van der Waals surface area contributed by atoms with Gasteiger partial charge in [0.25, 0.3) is 0 Å². The highest BCUT2D eigenvalue weighted by Crippen LogP contribution is 2.70. The number of carboxylic acid groups (broad SMARTS) is 1. The van der Waals surface area contributed by atoms with Crippen molar-refractivity contribution < 1.29 is 54.1 Å². The Bertz CT molecular complexity index is 1990. The van der Waals surface area contributed by atoms with Gasteiger partial charge < -0.3 is 50.8 Å². The van der Waals surface area contributed by atoms with E-state index in [-0.39, 0.29) is 66.4 Å². The number of anilines is 1. The van der Waals surface area contributed by atoms with E-state index < -0.39 is 53.7 Å². The molecule has 4 aliphatic carbocycles. The number of nitrogens with two attached hydrogens (primary N) is 1. The van der Waals surface area contributed by atoms with E-state index in [9.17, 15) is 34.8 Å². The number of fused-ring (bicyclic) bond motifs is 6.